The first-order valence-electron chi connectivity index (χ1n) is 6.80. The summed E-state index contributed by atoms with van der Waals surface area (Å²) in [5.41, 5.74) is 4.34. The van der Waals surface area contributed by atoms with E-state index in [-0.39, 0.29) is 5.82 Å². The largest absolute Gasteiger partial charge is 0.356 e. The molecule has 0 saturated heterocycles. The van der Waals surface area contributed by atoms with Crippen LogP contribution >= 0.6 is 0 Å². The van der Waals surface area contributed by atoms with Crippen molar-refractivity contribution in [2.45, 2.75) is 6.42 Å². The van der Waals surface area contributed by atoms with Crippen LogP contribution in [0.25, 0.3) is 0 Å². The summed E-state index contributed by atoms with van der Waals surface area (Å²) >= 11 is 0. The summed E-state index contributed by atoms with van der Waals surface area (Å²) in [5, 5.41) is 3.25. The summed E-state index contributed by atoms with van der Waals surface area (Å²) in [6.07, 6.45) is 4.50. The molecule has 0 bridgehead atoms. The van der Waals surface area contributed by atoms with Crippen LogP contribution in [-0.2, 0) is 6.42 Å². The molecular weight excluding hydrogens is 263 g/mol. The maximum absolute atomic E-state index is 12.9. The van der Waals surface area contributed by atoms with Gasteiger partial charge in [-0.05, 0) is 66.1 Å². The lowest BCUT2D eigenvalue weighted by atomic mass is 10.1. The summed E-state index contributed by atoms with van der Waals surface area (Å²) in [6.45, 7) is 0. The highest BCUT2D eigenvalue weighted by Crippen LogP contribution is 2.18. The summed E-state index contributed by atoms with van der Waals surface area (Å²) in [4.78, 5) is 4.02. The Labute approximate surface area is 123 Å². The number of hydrogen-bond acceptors (Lipinski definition) is 2. The van der Waals surface area contributed by atoms with Crippen molar-refractivity contribution in [3.63, 3.8) is 0 Å². The Hall–Kier alpha value is -2.68. The first-order valence-corrected chi connectivity index (χ1v) is 6.80. The number of benzene rings is 2. The molecule has 2 aromatic carbocycles. The van der Waals surface area contributed by atoms with Crippen LogP contribution in [0.4, 0.5) is 15.8 Å². The highest BCUT2D eigenvalue weighted by Gasteiger charge is 1.98. The Morgan fingerprint density at radius 1 is 0.714 bits per heavy atom. The quantitative estimate of drug-likeness (QED) is 0.757. The Balaban J connectivity index is 1.68. The fourth-order valence-electron chi connectivity index (χ4n) is 2.14. The van der Waals surface area contributed by atoms with Gasteiger partial charge >= 0.3 is 0 Å². The maximum atomic E-state index is 12.9. The smallest absolute Gasteiger partial charge is 0.123 e. The van der Waals surface area contributed by atoms with Crippen LogP contribution in [0.3, 0.4) is 0 Å². The van der Waals surface area contributed by atoms with Crippen molar-refractivity contribution in [2.75, 3.05) is 5.32 Å². The molecule has 0 radical (unpaired) electrons. The predicted octanol–water partition coefficient (Wildman–Crippen LogP) is 4.56. The second-order valence-electron chi connectivity index (χ2n) is 4.86. The molecule has 0 unspecified atom stereocenters. The summed E-state index contributed by atoms with van der Waals surface area (Å²) in [5.74, 6) is -0.228. The normalized spacial score (nSPS) is 10.3. The Bertz CT molecular complexity index is 692. The van der Waals surface area contributed by atoms with Gasteiger partial charge in [0.15, 0.2) is 0 Å². The van der Waals surface area contributed by atoms with E-state index in [4.69, 9.17) is 0 Å². The number of nitrogens with one attached hydrogen (secondary N) is 1. The number of rotatable bonds is 4. The lowest BCUT2D eigenvalue weighted by molar-refractivity contribution is 0.628. The average Bonchev–Trinajstić information content (AvgIpc) is 2.53. The maximum Gasteiger partial charge on any atom is 0.123 e. The molecule has 0 aliphatic carbocycles. The Morgan fingerprint density at radius 3 is 1.86 bits per heavy atom. The topological polar surface area (TPSA) is 24.9 Å². The number of anilines is 2. The summed E-state index contributed by atoms with van der Waals surface area (Å²) in [7, 11) is 0. The minimum atomic E-state index is -0.228. The molecule has 104 valence electrons. The molecule has 3 heteroatoms. The molecule has 0 amide bonds. The van der Waals surface area contributed by atoms with Gasteiger partial charge in [-0.1, -0.05) is 12.1 Å². The number of halogens is 1. The number of nitrogens with zero attached hydrogens (tertiary/aromatic N) is 1. The van der Waals surface area contributed by atoms with E-state index in [9.17, 15) is 4.39 Å². The first-order chi connectivity index (χ1) is 10.3. The van der Waals surface area contributed by atoms with E-state index in [0.717, 1.165) is 17.8 Å². The zero-order valence-electron chi connectivity index (χ0n) is 11.5. The van der Waals surface area contributed by atoms with Gasteiger partial charge in [0, 0.05) is 23.8 Å². The molecule has 3 aromatic rings. The molecule has 21 heavy (non-hydrogen) atoms. The van der Waals surface area contributed by atoms with Crippen molar-refractivity contribution in [3.8, 4) is 0 Å². The van der Waals surface area contributed by atoms with Crippen LogP contribution in [0.1, 0.15) is 11.1 Å². The van der Waals surface area contributed by atoms with Crippen molar-refractivity contribution in [3.05, 3.63) is 90.0 Å². The third-order valence-corrected chi connectivity index (χ3v) is 3.24. The molecule has 0 saturated carbocycles. The monoisotopic (exact) mass is 278 g/mol. The van der Waals surface area contributed by atoms with Gasteiger partial charge in [-0.25, -0.2) is 4.39 Å². The van der Waals surface area contributed by atoms with Crippen molar-refractivity contribution in [1.29, 1.82) is 0 Å². The van der Waals surface area contributed by atoms with Crippen LogP contribution in [0, 0.1) is 5.82 Å². The molecule has 2 nitrogen and oxygen atoms in total. The second-order valence-corrected chi connectivity index (χ2v) is 4.86. The molecule has 0 aliphatic rings. The molecule has 3 rings (SSSR count). The van der Waals surface area contributed by atoms with Gasteiger partial charge in [0.25, 0.3) is 0 Å². The summed E-state index contributed by atoms with van der Waals surface area (Å²) in [6, 6.07) is 18.6. The number of pyridine rings is 1. The lowest BCUT2D eigenvalue weighted by Crippen LogP contribution is -1.92. The van der Waals surface area contributed by atoms with Crippen molar-refractivity contribution in [2.24, 2.45) is 0 Å². The van der Waals surface area contributed by atoms with E-state index < -0.39 is 0 Å². The van der Waals surface area contributed by atoms with E-state index in [1.54, 1.807) is 24.5 Å². The van der Waals surface area contributed by atoms with Gasteiger partial charge in [-0.2, -0.15) is 0 Å². The van der Waals surface area contributed by atoms with Crippen molar-refractivity contribution < 1.29 is 4.39 Å². The minimum absolute atomic E-state index is 0.228. The van der Waals surface area contributed by atoms with Crippen molar-refractivity contribution in [1.82, 2.24) is 4.98 Å². The van der Waals surface area contributed by atoms with Crippen LogP contribution in [-0.4, -0.2) is 4.98 Å². The average molecular weight is 278 g/mol. The van der Waals surface area contributed by atoms with E-state index >= 15 is 0 Å². The third-order valence-electron chi connectivity index (χ3n) is 3.24. The van der Waals surface area contributed by atoms with E-state index in [2.05, 4.69) is 22.4 Å². The molecule has 0 spiro atoms. The second kappa shape index (κ2) is 6.18. The van der Waals surface area contributed by atoms with Crippen LogP contribution in [0.2, 0.25) is 0 Å². The van der Waals surface area contributed by atoms with Crippen molar-refractivity contribution >= 4 is 11.4 Å². The first kappa shape index (κ1) is 13.3. The molecule has 1 N–H and O–H groups in total. The van der Waals surface area contributed by atoms with Gasteiger partial charge in [-0.15, -0.1) is 0 Å². The highest BCUT2D eigenvalue weighted by atomic mass is 19.1. The number of aromatic nitrogens is 1. The molecular formula is C18H15FN2. The van der Waals surface area contributed by atoms with Crippen LogP contribution in [0.5, 0.6) is 0 Å². The van der Waals surface area contributed by atoms with E-state index in [0.29, 0.717) is 0 Å². The van der Waals surface area contributed by atoms with Gasteiger partial charge in [0.1, 0.15) is 5.82 Å². The third kappa shape index (κ3) is 3.66. The minimum Gasteiger partial charge on any atom is -0.356 e. The Morgan fingerprint density at radius 2 is 1.24 bits per heavy atom. The molecule has 0 atom stereocenters. The predicted molar refractivity (Wildman–Crippen MR) is 83.2 cm³/mol. The van der Waals surface area contributed by atoms with E-state index in [1.165, 1.54) is 23.3 Å². The van der Waals surface area contributed by atoms with E-state index in [1.807, 2.05) is 24.3 Å². The van der Waals surface area contributed by atoms with Gasteiger partial charge in [0.2, 0.25) is 0 Å². The fourth-order valence-corrected chi connectivity index (χ4v) is 2.14. The Kier molecular flexibility index (Phi) is 3.92. The van der Waals surface area contributed by atoms with Gasteiger partial charge in [-0.3, -0.25) is 4.98 Å². The standard InChI is InChI=1S/C18H15FN2/c19-16-3-7-18(8-4-16)21-17-5-1-14(2-6-17)13-15-9-11-20-12-10-15/h1-12,21H,13H2. The zero-order chi connectivity index (χ0) is 14.5. The molecule has 0 fully saturated rings. The van der Waals surface area contributed by atoms with Crippen LogP contribution < -0.4 is 5.32 Å². The molecule has 0 aliphatic heterocycles. The van der Waals surface area contributed by atoms with Gasteiger partial charge in [0.05, 0.1) is 0 Å². The highest BCUT2D eigenvalue weighted by molar-refractivity contribution is 5.59. The SMILES string of the molecule is Fc1ccc(Nc2ccc(Cc3ccncc3)cc2)cc1. The number of hydrogen-bond donors (Lipinski definition) is 1. The summed E-state index contributed by atoms with van der Waals surface area (Å²) < 4.78 is 12.9. The zero-order valence-corrected chi connectivity index (χ0v) is 11.5. The molecule has 1 aromatic heterocycles. The fraction of sp³-hybridized carbons (Fsp3) is 0.0556. The van der Waals surface area contributed by atoms with Crippen LogP contribution in [0.15, 0.2) is 73.1 Å². The van der Waals surface area contributed by atoms with Gasteiger partial charge < -0.3 is 5.32 Å². The molecule has 1 heterocycles. The lowest BCUT2D eigenvalue weighted by Gasteiger charge is -2.08.